The molecule has 8 heteroatoms. The minimum atomic E-state index is -0.520. The fraction of sp³-hybridized carbons (Fsp3) is 0.818. The molecule has 0 aromatic carbocycles. The van der Waals surface area contributed by atoms with E-state index in [1.807, 2.05) is 13.8 Å². The smallest absolute Gasteiger partial charge is 0.331 e. The molecule has 2 rings (SSSR count). The molecule has 0 amide bonds. The van der Waals surface area contributed by atoms with Crippen LogP contribution in [0.3, 0.4) is 0 Å². The molecule has 0 bridgehead atoms. The van der Waals surface area contributed by atoms with Gasteiger partial charge in [-0.2, -0.15) is 0 Å². The number of hydrogen-bond donors (Lipinski definition) is 0. The minimum absolute atomic E-state index is 0.0991. The Morgan fingerprint density at radius 1 is 0.767 bits per heavy atom. The minimum Gasteiger partial charge on any atom is -0.458 e. The molecule has 0 N–H and O–H groups in total. The first-order valence-corrected chi connectivity index (χ1v) is 11.2. The largest absolute Gasteiger partial charge is 0.458 e. The molecule has 0 saturated carbocycles. The first kappa shape index (κ1) is 24.8. The molecule has 8 nitrogen and oxygen atoms in total. The Bertz CT molecular complexity index is 510. The number of esters is 2. The summed E-state index contributed by atoms with van der Waals surface area (Å²) < 4.78 is 22.0. The summed E-state index contributed by atoms with van der Waals surface area (Å²) in [6.45, 7) is 14.2. The fourth-order valence-electron chi connectivity index (χ4n) is 4.00. The van der Waals surface area contributed by atoms with E-state index in [9.17, 15) is 9.59 Å². The van der Waals surface area contributed by atoms with Gasteiger partial charge in [0, 0.05) is 50.4 Å². The molecule has 0 spiro atoms. The number of ether oxygens (including phenoxy) is 4. The van der Waals surface area contributed by atoms with Crippen LogP contribution < -0.4 is 0 Å². The fourth-order valence-corrected chi connectivity index (χ4v) is 4.00. The molecule has 0 radical (unpaired) electrons. The average Bonchev–Trinajstić information content (AvgIpc) is 2.79. The SMILES string of the molecule is CCC(OC(=O)/C=C/C(=O)OC(CC)C(C)N1CCOCC1)C(C)N1CCOCC1. The summed E-state index contributed by atoms with van der Waals surface area (Å²) in [6, 6.07) is 0.198. The van der Waals surface area contributed by atoms with Gasteiger partial charge < -0.3 is 18.9 Å². The van der Waals surface area contributed by atoms with Crippen LogP contribution in [0.4, 0.5) is 0 Å². The lowest BCUT2D eigenvalue weighted by molar-refractivity contribution is -0.150. The standard InChI is InChI=1S/C22H38N2O6/c1-5-19(17(3)23-9-13-27-14-10-23)29-21(25)7-8-22(26)30-20(6-2)18(4)24-11-15-28-16-12-24/h7-8,17-20H,5-6,9-16H2,1-4H3/b8-7+. The lowest BCUT2D eigenvalue weighted by atomic mass is 10.1. The maximum Gasteiger partial charge on any atom is 0.331 e. The monoisotopic (exact) mass is 426 g/mol. The average molecular weight is 427 g/mol. The number of hydrogen-bond acceptors (Lipinski definition) is 8. The van der Waals surface area contributed by atoms with Gasteiger partial charge in [-0.25, -0.2) is 9.59 Å². The zero-order chi connectivity index (χ0) is 21.9. The molecule has 0 aromatic rings. The van der Waals surface area contributed by atoms with Crippen molar-refractivity contribution < 1.29 is 28.5 Å². The second-order valence-corrected chi connectivity index (χ2v) is 7.88. The maximum absolute atomic E-state index is 12.3. The van der Waals surface area contributed by atoms with E-state index < -0.39 is 11.9 Å². The molecule has 172 valence electrons. The Balaban J connectivity index is 1.82. The Labute approximate surface area is 180 Å². The third-order valence-electron chi connectivity index (χ3n) is 6.01. The molecule has 2 heterocycles. The highest BCUT2D eigenvalue weighted by atomic mass is 16.6. The first-order chi connectivity index (χ1) is 14.5. The van der Waals surface area contributed by atoms with Gasteiger partial charge in [-0.3, -0.25) is 9.80 Å². The topological polar surface area (TPSA) is 77.5 Å². The summed E-state index contributed by atoms with van der Waals surface area (Å²) in [4.78, 5) is 29.0. The van der Waals surface area contributed by atoms with Gasteiger partial charge in [0.05, 0.1) is 26.4 Å². The van der Waals surface area contributed by atoms with Crippen LogP contribution in [0.5, 0.6) is 0 Å². The van der Waals surface area contributed by atoms with Gasteiger partial charge in [-0.05, 0) is 26.7 Å². The van der Waals surface area contributed by atoms with E-state index in [-0.39, 0.29) is 24.3 Å². The predicted molar refractivity (Wildman–Crippen MR) is 113 cm³/mol. The van der Waals surface area contributed by atoms with E-state index in [0.29, 0.717) is 39.3 Å². The summed E-state index contributed by atoms with van der Waals surface area (Å²) in [7, 11) is 0. The van der Waals surface area contributed by atoms with Crippen LogP contribution in [0.25, 0.3) is 0 Å². The number of nitrogens with zero attached hydrogens (tertiary/aromatic N) is 2. The molecule has 4 atom stereocenters. The van der Waals surface area contributed by atoms with Crippen molar-refractivity contribution in [2.24, 2.45) is 0 Å². The van der Waals surface area contributed by atoms with Crippen LogP contribution in [0.15, 0.2) is 12.2 Å². The van der Waals surface area contributed by atoms with Crippen LogP contribution in [0, 0.1) is 0 Å². The summed E-state index contributed by atoms with van der Waals surface area (Å²) >= 11 is 0. The molecule has 30 heavy (non-hydrogen) atoms. The van der Waals surface area contributed by atoms with Crippen molar-refractivity contribution in [3.05, 3.63) is 12.2 Å². The molecule has 4 unspecified atom stereocenters. The zero-order valence-corrected chi connectivity index (χ0v) is 18.9. The molecule has 0 aliphatic carbocycles. The van der Waals surface area contributed by atoms with E-state index >= 15 is 0 Å². The second kappa shape index (κ2) is 13.0. The number of rotatable bonds is 10. The van der Waals surface area contributed by atoms with Crippen LogP contribution in [0.1, 0.15) is 40.5 Å². The van der Waals surface area contributed by atoms with E-state index in [1.54, 1.807) is 0 Å². The van der Waals surface area contributed by atoms with E-state index in [2.05, 4.69) is 23.6 Å². The summed E-state index contributed by atoms with van der Waals surface area (Å²) in [5, 5.41) is 0. The van der Waals surface area contributed by atoms with Gasteiger partial charge in [0.25, 0.3) is 0 Å². The van der Waals surface area contributed by atoms with Gasteiger partial charge >= 0.3 is 11.9 Å². The molecule has 0 aromatic heterocycles. The second-order valence-electron chi connectivity index (χ2n) is 7.88. The highest BCUT2D eigenvalue weighted by molar-refractivity contribution is 5.91. The number of morpholine rings is 2. The van der Waals surface area contributed by atoms with Gasteiger partial charge in [0.1, 0.15) is 12.2 Å². The quantitative estimate of drug-likeness (QED) is 0.385. The van der Waals surface area contributed by atoms with Gasteiger partial charge in [0.15, 0.2) is 0 Å². The Hall–Kier alpha value is -1.48. The Morgan fingerprint density at radius 2 is 1.10 bits per heavy atom. The van der Waals surface area contributed by atoms with Gasteiger partial charge in [-0.15, -0.1) is 0 Å². The predicted octanol–water partition coefficient (Wildman–Crippen LogP) is 1.63. The van der Waals surface area contributed by atoms with Crippen molar-refractivity contribution in [3.63, 3.8) is 0 Å². The Kier molecular flexibility index (Phi) is 10.8. The van der Waals surface area contributed by atoms with E-state index in [0.717, 1.165) is 26.2 Å². The van der Waals surface area contributed by atoms with Gasteiger partial charge in [-0.1, -0.05) is 13.8 Å². The van der Waals surface area contributed by atoms with Gasteiger partial charge in [0.2, 0.25) is 0 Å². The van der Waals surface area contributed by atoms with Crippen molar-refractivity contribution in [2.75, 3.05) is 52.6 Å². The number of carbonyl (C=O) groups is 2. The van der Waals surface area contributed by atoms with Crippen LogP contribution in [0.2, 0.25) is 0 Å². The molecule has 2 aliphatic rings. The summed E-state index contributed by atoms with van der Waals surface area (Å²) in [6.07, 6.45) is 3.28. The molecular weight excluding hydrogens is 388 g/mol. The first-order valence-electron chi connectivity index (χ1n) is 11.2. The normalized spacial score (nSPS) is 22.9. The van der Waals surface area contributed by atoms with Crippen molar-refractivity contribution in [1.29, 1.82) is 0 Å². The highest BCUT2D eigenvalue weighted by Crippen LogP contribution is 2.15. The van der Waals surface area contributed by atoms with Crippen molar-refractivity contribution in [2.45, 2.75) is 64.8 Å². The van der Waals surface area contributed by atoms with Crippen molar-refractivity contribution in [3.8, 4) is 0 Å². The van der Waals surface area contributed by atoms with Crippen LogP contribution in [-0.4, -0.2) is 98.6 Å². The highest BCUT2D eigenvalue weighted by Gasteiger charge is 2.28. The molecule has 2 saturated heterocycles. The molecule has 2 aliphatic heterocycles. The zero-order valence-electron chi connectivity index (χ0n) is 18.9. The lowest BCUT2D eigenvalue weighted by Gasteiger charge is -2.36. The summed E-state index contributed by atoms with van der Waals surface area (Å²) in [5.41, 5.74) is 0. The Morgan fingerprint density at radius 3 is 1.40 bits per heavy atom. The van der Waals surface area contributed by atoms with Crippen LogP contribution >= 0.6 is 0 Å². The van der Waals surface area contributed by atoms with Crippen molar-refractivity contribution in [1.82, 2.24) is 9.80 Å². The van der Waals surface area contributed by atoms with E-state index in [1.165, 1.54) is 12.2 Å². The molecule has 2 fully saturated rings. The molecular formula is C22H38N2O6. The van der Waals surface area contributed by atoms with Crippen molar-refractivity contribution >= 4 is 11.9 Å². The maximum atomic E-state index is 12.3. The van der Waals surface area contributed by atoms with Crippen LogP contribution in [-0.2, 0) is 28.5 Å². The summed E-state index contributed by atoms with van der Waals surface area (Å²) in [5.74, 6) is -1.04. The third-order valence-corrected chi connectivity index (χ3v) is 6.01. The van der Waals surface area contributed by atoms with E-state index in [4.69, 9.17) is 18.9 Å². The lowest BCUT2D eigenvalue weighted by Crippen LogP contribution is -2.48. The third kappa shape index (κ3) is 7.65. The number of carbonyl (C=O) groups excluding carboxylic acids is 2.